The van der Waals surface area contributed by atoms with Crippen LogP contribution in [0.15, 0.2) is 29.8 Å². The van der Waals surface area contributed by atoms with Gasteiger partial charge in [-0.3, -0.25) is 0 Å². The Bertz CT molecular complexity index is 546. The number of anilines is 3. The van der Waals surface area contributed by atoms with Gasteiger partial charge in [-0.05, 0) is 36.4 Å². The molecule has 0 unspecified atom stereocenters. The third-order valence-corrected chi connectivity index (χ3v) is 4.35. The third kappa shape index (κ3) is 2.66. The minimum atomic E-state index is 0.760. The lowest BCUT2D eigenvalue weighted by Gasteiger charge is -2.20. The number of thiophene rings is 1. The molecule has 0 aliphatic carbocycles. The van der Waals surface area contributed by atoms with E-state index in [4.69, 9.17) is 5.73 Å². The van der Waals surface area contributed by atoms with E-state index >= 15 is 0 Å². The molecule has 19 heavy (non-hydrogen) atoms. The lowest BCUT2D eigenvalue weighted by molar-refractivity contribution is 0.935. The van der Waals surface area contributed by atoms with Gasteiger partial charge in [0.2, 0.25) is 0 Å². The standard InChI is InChI=1S/C14H18N4S/c15-11-5-9-19-13(11)10-17-12-4-3-6-16-14(12)18-7-1-2-8-18/h3-6,9,17H,1-2,7-8,10,15H2. The number of nitrogens with zero attached hydrogens (tertiary/aromatic N) is 2. The molecule has 1 aliphatic heterocycles. The molecule has 2 aromatic rings. The maximum Gasteiger partial charge on any atom is 0.151 e. The van der Waals surface area contributed by atoms with Crippen LogP contribution in [0.2, 0.25) is 0 Å². The number of nitrogen functional groups attached to an aromatic ring is 1. The second-order valence-electron chi connectivity index (χ2n) is 4.72. The Morgan fingerprint density at radius 3 is 2.89 bits per heavy atom. The second-order valence-corrected chi connectivity index (χ2v) is 5.72. The van der Waals surface area contributed by atoms with Crippen LogP contribution in [0.1, 0.15) is 17.7 Å². The van der Waals surface area contributed by atoms with Crippen LogP contribution in [-0.4, -0.2) is 18.1 Å². The highest BCUT2D eigenvalue weighted by Crippen LogP contribution is 2.27. The van der Waals surface area contributed by atoms with Gasteiger partial charge in [0.25, 0.3) is 0 Å². The molecule has 0 radical (unpaired) electrons. The zero-order valence-corrected chi connectivity index (χ0v) is 11.6. The molecule has 1 saturated heterocycles. The van der Waals surface area contributed by atoms with Gasteiger partial charge in [0.05, 0.1) is 12.2 Å². The van der Waals surface area contributed by atoms with Crippen molar-refractivity contribution in [3.63, 3.8) is 0 Å². The summed E-state index contributed by atoms with van der Waals surface area (Å²) >= 11 is 1.69. The minimum Gasteiger partial charge on any atom is -0.398 e. The molecule has 3 N–H and O–H groups in total. The summed E-state index contributed by atoms with van der Waals surface area (Å²) in [6, 6.07) is 6.01. The molecule has 3 heterocycles. The van der Waals surface area contributed by atoms with E-state index in [0.29, 0.717) is 0 Å². The van der Waals surface area contributed by atoms with Gasteiger partial charge in [-0.15, -0.1) is 11.3 Å². The fourth-order valence-corrected chi connectivity index (χ4v) is 3.12. The predicted molar refractivity (Wildman–Crippen MR) is 81.7 cm³/mol. The Morgan fingerprint density at radius 1 is 1.32 bits per heavy atom. The Morgan fingerprint density at radius 2 is 2.16 bits per heavy atom. The van der Waals surface area contributed by atoms with Gasteiger partial charge in [0.1, 0.15) is 0 Å². The van der Waals surface area contributed by atoms with Crippen molar-refractivity contribution in [1.29, 1.82) is 0 Å². The molecule has 1 fully saturated rings. The first kappa shape index (κ1) is 12.3. The molecule has 0 spiro atoms. The van der Waals surface area contributed by atoms with Gasteiger partial charge >= 0.3 is 0 Å². The molecule has 2 aromatic heterocycles. The maximum atomic E-state index is 5.91. The molecular formula is C14H18N4S. The van der Waals surface area contributed by atoms with Crippen LogP contribution in [0, 0.1) is 0 Å². The van der Waals surface area contributed by atoms with Crippen LogP contribution in [0.3, 0.4) is 0 Å². The lowest BCUT2D eigenvalue weighted by atomic mass is 10.3. The largest absolute Gasteiger partial charge is 0.398 e. The molecule has 0 amide bonds. The Kier molecular flexibility index (Phi) is 3.55. The third-order valence-electron chi connectivity index (χ3n) is 3.41. The molecule has 1 aliphatic rings. The number of nitrogens with two attached hydrogens (primary N) is 1. The number of pyridine rings is 1. The van der Waals surface area contributed by atoms with Crippen LogP contribution < -0.4 is 16.0 Å². The van der Waals surface area contributed by atoms with Crippen molar-refractivity contribution in [2.45, 2.75) is 19.4 Å². The summed E-state index contributed by atoms with van der Waals surface area (Å²) in [5, 5.41) is 5.48. The molecule has 0 bridgehead atoms. The average Bonchev–Trinajstić information content (AvgIpc) is 3.08. The first-order valence-corrected chi connectivity index (χ1v) is 7.48. The summed E-state index contributed by atoms with van der Waals surface area (Å²) in [6.45, 7) is 2.97. The first-order valence-electron chi connectivity index (χ1n) is 6.60. The summed E-state index contributed by atoms with van der Waals surface area (Å²) in [7, 11) is 0. The van der Waals surface area contributed by atoms with E-state index < -0.39 is 0 Å². The van der Waals surface area contributed by atoms with Crippen LogP contribution >= 0.6 is 11.3 Å². The Balaban J connectivity index is 1.75. The minimum absolute atomic E-state index is 0.760. The van der Waals surface area contributed by atoms with Crippen molar-refractivity contribution in [3.8, 4) is 0 Å². The molecule has 4 nitrogen and oxygen atoms in total. The normalized spacial score (nSPS) is 14.8. The summed E-state index contributed by atoms with van der Waals surface area (Å²) < 4.78 is 0. The summed E-state index contributed by atoms with van der Waals surface area (Å²) in [5.41, 5.74) is 7.87. The number of hydrogen-bond donors (Lipinski definition) is 2. The van der Waals surface area contributed by atoms with E-state index in [-0.39, 0.29) is 0 Å². The number of hydrogen-bond acceptors (Lipinski definition) is 5. The van der Waals surface area contributed by atoms with Gasteiger partial charge in [-0.2, -0.15) is 0 Å². The van der Waals surface area contributed by atoms with Gasteiger partial charge in [0.15, 0.2) is 5.82 Å². The Hall–Kier alpha value is -1.75. The summed E-state index contributed by atoms with van der Waals surface area (Å²) in [4.78, 5) is 8.04. The van der Waals surface area contributed by atoms with Crippen LogP contribution in [0.25, 0.3) is 0 Å². The van der Waals surface area contributed by atoms with Crippen molar-refractivity contribution < 1.29 is 0 Å². The smallest absolute Gasteiger partial charge is 0.151 e. The van der Waals surface area contributed by atoms with Gasteiger partial charge in [-0.1, -0.05) is 0 Å². The Labute approximate surface area is 117 Å². The summed E-state index contributed by atoms with van der Waals surface area (Å²) in [5.74, 6) is 1.06. The highest BCUT2D eigenvalue weighted by atomic mass is 32.1. The highest BCUT2D eigenvalue weighted by molar-refractivity contribution is 7.10. The quantitative estimate of drug-likeness (QED) is 0.900. The summed E-state index contributed by atoms with van der Waals surface area (Å²) in [6.07, 6.45) is 4.38. The van der Waals surface area contributed by atoms with E-state index in [9.17, 15) is 0 Å². The van der Waals surface area contributed by atoms with Crippen LogP contribution in [-0.2, 0) is 6.54 Å². The number of aromatic nitrogens is 1. The molecular weight excluding hydrogens is 256 g/mol. The SMILES string of the molecule is Nc1ccsc1CNc1cccnc1N1CCCC1. The first-order chi connectivity index (χ1) is 9.34. The molecule has 0 saturated carbocycles. The van der Waals surface area contributed by atoms with E-state index in [0.717, 1.165) is 36.8 Å². The molecule has 100 valence electrons. The van der Waals surface area contributed by atoms with Gasteiger partial charge < -0.3 is 16.0 Å². The van der Waals surface area contributed by atoms with Crippen molar-refractivity contribution in [2.75, 3.05) is 29.0 Å². The highest BCUT2D eigenvalue weighted by Gasteiger charge is 2.16. The van der Waals surface area contributed by atoms with E-state index in [1.165, 1.54) is 17.7 Å². The second kappa shape index (κ2) is 5.48. The average molecular weight is 274 g/mol. The molecule has 0 atom stereocenters. The van der Waals surface area contributed by atoms with Gasteiger partial charge in [-0.25, -0.2) is 4.98 Å². The van der Waals surface area contributed by atoms with Crippen molar-refractivity contribution in [2.24, 2.45) is 0 Å². The fourth-order valence-electron chi connectivity index (χ4n) is 2.39. The van der Waals surface area contributed by atoms with Gasteiger partial charge in [0, 0.05) is 29.9 Å². The topological polar surface area (TPSA) is 54.2 Å². The fraction of sp³-hybridized carbons (Fsp3) is 0.357. The molecule has 3 rings (SSSR count). The monoisotopic (exact) mass is 274 g/mol. The van der Waals surface area contributed by atoms with E-state index in [2.05, 4.69) is 21.3 Å². The van der Waals surface area contributed by atoms with Crippen molar-refractivity contribution >= 4 is 28.5 Å². The van der Waals surface area contributed by atoms with Crippen LogP contribution in [0.4, 0.5) is 17.2 Å². The zero-order valence-electron chi connectivity index (χ0n) is 10.8. The predicted octanol–water partition coefficient (Wildman–Crippen LogP) is 2.94. The molecule has 5 heteroatoms. The molecule has 0 aromatic carbocycles. The number of nitrogens with one attached hydrogen (secondary N) is 1. The van der Waals surface area contributed by atoms with E-state index in [1.54, 1.807) is 11.3 Å². The van der Waals surface area contributed by atoms with Crippen molar-refractivity contribution in [1.82, 2.24) is 4.98 Å². The number of rotatable bonds is 4. The lowest BCUT2D eigenvalue weighted by Crippen LogP contribution is -2.20. The van der Waals surface area contributed by atoms with Crippen LogP contribution in [0.5, 0.6) is 0 Å². The van der Waals surface area contributed by atoms with Crippen molar-refractivity contribution in [3.05, 3.63) is 34.7 Å². The zero-order chi connectivity index (χ0) is 13.1. The maximum absolute atomic E-state index is 5.91. The van der Waals surface area contributed by atoms with E-state index in [1.807, 2.05) is 23.7 Å².